The monoisotopic (exact) mass is 290 g/mol. The van der Waals surface area contributed by atoms with Crippen LogP contribution in [-0.2, 0) is 4.74 Å². The maximum Gasteiger partial charge on any atom is 0.0687 e. The number of hydrogen-bond acceptors (Lipinski definition) is 1. The molecule has 0 radical (unpaired) electrons. The fourth-order valence-corrected chi connectivity index (χ4v) is 2.69. The normalized spacial score (nSPS) is 18.8. The van der Waals surface area contributed by atoms with Gasteiger partial charge in [-0.25, -0.2) is 0 Å². The SMILES string of the molecule is Cc1ccc(C=C2COCC(=Cc3ccc(C)cc3)C2)cc1. The number of rotatable bonds is 2. The first-order valence-electron chi connectivity index (χ1n) is 7.79. The Morgan fingerprint density at radius 2 is 1.09 bits per heavy atom. The van der Waals surface area contributed by atoms with Crippen LogP contribution in [0, 0.1) is 13.8 Å². The van der Waals surface area contributed by atoms with Crippen LogP contribution in [0.4, 0.5) is 0 Å². The third-order valence-corrected chi connectivity index (χ3v) is 3.93. The fraction of sp³-hybridized carbons (Fsp3) is 0.238. The molecule has 22 heavy (non-hydrogen) atoms. The smallest absolute Gasteiger partial charge is 0.0687 e. The van der Waals surface area contributed by atoms with Gasteiger partial charge in [0.15, 0.2) is 0 Å². The zero-order valence-electron chi connectivity index (χ0n) is 13.3. The Balaban J connectivity index is 1.76. The van der Waals surface area contributed by atoms with E-state index in [2.05, 4.69) is 74.5 Å². The average Bonchev–Trinajstić information content (AvgIpc) is 2.52. The molecule has 1 nitrogen and oxygen atoms in total. The maximum absolute atomic E-state index is 5.75. The lowest BCUT2D eigenvalue weighted by Gasteiger charge is -2.18. The molecule has 0 spiro atoms. The van der Waals surface area contributed by atoms with Gasteiger partial charge in [0, 0.05) is 0 Å². The predicted molar refractivity (Wildman–Crippen MR) is 93.7 cm³/mol. The average molecular weight is 290 g/mol. The maximum atomic E-state index is 5.75. The minimum absolute atomic E-state index is 0.735. The highest BCUT2D eigenvalue weighted by atomic mass is 16.5. The summed E-state index contributed by atoms with van der Waals surface area (Å²) in [5.74, 6) is 0. The van der Waals surface area contributed by atoms with E-state index in [-0.39, 0.29) is 0 Å². The summed E-state index contributed by atoms with van der Waals surface area (Å²) in [5.41, 5.74) is 7.77. The molecule has 0 bridgehead atoms. The van der Waals surface area contributed by atoms with Gasteiger partial charge in [-0.1, -0.05) is 71.8 Å². The standard InChI is InChI=1S/C21H22O/c1-16-3-7-18(8-4-16)11-20-13-21(15-22-14-20)12-19-9-5-17(2)6-10-19/h3-12H,13-15H2,1-2H3. The van der Waals surface area contributed by atoms with Crippen molar-refractivity contribution in [3.05, 3.63) is 81.9 Å². The van der Waals surface area contributed by atoms with Crippen molar-refractivity contribution >= 4 is 12.2 Å². The van der Waals surface area contributed by atoms with E-state index in [9.17, 15) is 0 Å². The van der Waals surface area contributed by atoms with E-state index in [0.717, 1.165) is 19.6 Å². The molecule has 0 aromatic heterocycles. The number of hydrogen-bond donors (Lipinski definition) is 0. The molecule has 0 aliphatic carbocycles. The summed E-state index contributed by atoms with van der Waals surface area (Å²) in [6.45, 7) is 5.70. The van der Waals surface area contributed by atoms with Crippen LogP contribution < -0.4 is 0 Å². The van der Waals surface area contributed by atoms with E-state index < -0.39 is 0 Å². The van der Waals surface area contributed by atoms with Crippen molar-refractivity contribution in [2.75, 3.05) is 13.2 Å². The third-order valence-electron chi connectivity index (χ3n) is 3.93. The van der Waals surface area contributed by atoms with Gasteiger partial charge < -0.3 is 4.74 Å². The van der Waals surface area contributed by atoms with Gasteiger partial charge in [-0.15, -0.1) is 0 Å². The topological polar surface area (TPSA) is 9.23 Å². The second-order valence-corrected chi connectivity index (χ2v) is 6.10. The van der Waals surface area contributed by atoms with Gasteiger partial charge >= 0.3 is 0 Å². The van der Waals surface area contributed by atoms with Crippen LogP contribution in [0.5, 0.6) is 0 Å². The van der Waals surface area contributed by atoms with Crippen molar-refractivity contribution < 1.29 is 4.74 Å². The second kappa shape index (κ2) is 6.76. The Bertz CT molecular complexity index is 626. The molecular formula is C21H22O. The molecule has 0 N–H and O–H groups in total. The van der Waals surface area contributed by atoms with Gasteiger partial charge in [-0.3, -0.25) is 0 Å². The molecule has 1 aliphatic rings. The van der Waals surface area contributed by atoms with Crippen molar-refractivity contribution in [3.8, 4) is 0 Å². The van der Waals surface area contributed by atoms with E-state index in [1.165, 1.54) is 33.4 Å². The Labute approximate surface area is 133 Å². The predicted octanol–water partition coefficient (Wildman–Crippen LogP) is 5.19. The summed E-state index contributed by atoms with van der Waals surface area (Å²) in [5, 5.41) is 0. The fourth-order valence-electron chi connectivity index (χ4n) is 2.69. The Kier molecular flexibility index (Phi) is 4.55. The quantitative estimate of drug-likeness (QED) is 0.739. The van der Waals surface area contributed by atoms with Crippen molar-refractivity contribution in [1.29, 1.82) is 0 Å². The van der Waals surface area contributed by atoms with E-state index in [4.69, 9.17) is 4.74 Å². The Morgan fingerprint density at radius 3 is 1.50 bits per heavy atom. The number of aryl methyl sites for hydroxylation is 2. The first kappa shape index (κ1) is 14.8. The number of ether oxygens (including phenoxy) is 1. The molecule has 0 amide bonds. The van der Waals surface area contributed by atoms with Crippen LogP contribution in [0.25, 0.3) is 12.2 Å². The van der Waals surface area contributed by atoms with Gasteiger partial charge in [0.2, 0.25) is 0 Å². The van der Waals surface area contributed by atoms with E-state index in [1.807, 2.05) is 0 Å². The second-order valence-electron chi connectivity index (χ2n) is 6.10. The molecule has 1 heterocycles. The highest BCUT2D eigenvalue weighted by molar-refractivity contribution is 5.59. The zero-order valence-corrected chi connectivity index (χ0v) is 13.3. The lowest BCUT2D eigenvalue weighted by molar-refractivity contribution is 0.163. The molecule has 0 saturated carbocycles. The summed E-state index contributed by atoms with van der Waals surface area (Å²) in [6.07, 6.45) is 5.50. The van der Waals surface area contributed by atoms with E-state index in [1.54, 1.807) is 0 Å². The van der Waals surface area contributed by atoms with Crippen LogP contribution in [0.1, 0.15) is 28.7 Å². The van der Waals surface area contributed by atoms with Gasteiger partial charge in [0.25, 0.3) is 0 Å². The largest absolute Gasteiger partial charge is 0.373 e. The minimum Gasteiger partial charge on any atom is -0.373 e. The molecule has 1 saturated heterocycles. The molecule has 0 atom stereocenters. The van der Waals surface area contributed by atoms with Crippen LogP contribution in [0.2, 0.25) is 0 Å². The van der Waals surface area contributed by atoms with Crippen LogP contribution in [0.15, 0.2) is 59.7 Å². The molecule has 112 valence electrons. The zero-order chi connectivity index (χ0) is 15.4. The summed E-state index contributed by atoms with van der Waals surface area (Å²) in [4.78, 5) is 0. The van der Waals surface area contributed by atoms with Gasteiger partial charge in [0.05, 0.1) is 13.2 Å². The van der Waals surface area contributed by atoms with Crippen molar-refractivity contribution in [2.45, 2.75) is 20.3 Å². The molecule has 0 unspecified atom stereocenters. The van der Waals surface area contributed by atoms with Crippen molar-refractivity contribution in [3.63, 3.8) is 0 Å². The number of benzene rings is 2. The first-order chi connectivity index (χ1) is 10.7. The van der Waals surface area contributed by atoms with Crippen molar-refractivity contribution in [2.24, 2.45) is 0 Å². The molecule has 2 aromatic carbocycles. The Hall–Kier alpha value is -2.12. The first-order valence-corrected chi connectivity index (χ1v) is 7.79. The molecule has 2 aromatic rings. The van der Waals surface area contributed by atoms with Gasteiger partial charge in [-0.05, 0) is 42.5 Å². The van der Waals surface area contributed by atoms with Gasteiger partial charge in [0.1, 0.15) is 0 Å². The lowest BCUT2D eigenvalue weighted by atomic mass is 9.99. The summed E-state index contributed by atoms with van der Waals surface area (Å²) < 4.78 is 5.75. The molecular weight excluding hydrogens is 268 g/mol. The molecule has 1 heteroatoms. The minimum atomic E-state index is 0.735. The van der Waals surface area contributed by atoms with Crippen molar-refractivity contribution in [1.82, 2.24) is 0 Å². The van der Waals surface area contributed by atoms with Crippen LogP contribution >= 0.6 is 0 Å². The summed E-state index contributed by atoms with van der Waals surface area (Å²) >= 11 is 0. The lowest BCUT2D eigenvalue weighted by Crippen LogP contribution is -2.11. The third kappa shape index (κ3) is 3.96. The summed E-state index contributed by atoms with van der Waals surface area (Å²) in [6, 6.07) is 17.3. The highest BCUT2D eigenvalue weighted by Crippen LogP contribution is 2.23. The van der Waals surface area contributed by atoms with E-state index in [0.29, 0.717) is 0 Å². The Morgan fingerprint density at radius 1 is 0.682 bits per heavy atom. The van der Waals surface area contributed by atoms with Gasteiger partial charge in [-0.2, -0.15) is 0 Å². The molecule has 3 rings (SSSR count). The van der Waals surface area contributed by atoms with E-state index >= 15 is 0 Å². The summed E-state index contributed by atoms with van der Waals surface area (Å²) in [7, 11) is 0. The molecule has 1 fully saturated rings. The highest BCUT2D eigenvalue weighted by Gasteiger charge is 2.10. The van der Waals surface area contributed by atoms with Crippen LogP contribution in [0.3, 0.4) is 0 Å². The van der Waals surface area contributed by atoms with Crippen LogP contribution in [-0.4, -0.2) is 13.2 Å². The molecule has 1 aliphatic heterocycles.